The Morgan fingerprint density at radius 3 is 2.38 bits per heavy atom. The van der Waals surface area contributed by atoms with Gasteiger partial charge in [0.25, 0.3) is 10.0 Å². The van der Waals surface area contributed by atoms with E-state index in [9.17, 15) is 8.42 Å². The topological polar surface area (TPSA) is 75.4 Å². The maximum atomic E-state index is 11.8. The van der Waals surface area contributed by atoms with Crippen LogP contribution in [0.25, 0.3) is 0 Å². The van der Waals surface area contributed by atoms with Gasteiger partial charge in [-0.2, -0.15) is 0 Å². The number of hydrogen-bond donors (Lipinski definition) is 2. The minimum absolute atomic E-state index is 0.0978. The van der Waals surface area contributed by atoms with Gasteiger partial charge in [0.15, 0.2) is 0 Å². The maximum absolute atomic E-state index is 11.8. The molecule has 90 valence electrons. The molecule has 0 amide bonds. The van der Waals surface area contributed by atoms with Crippen molar-refractivity contribution in [3.8, 4) is 0 Å². The van der Waals surface area contributed by atoms with Gasteiger partial charge in [0.1, 0.15) is 0 Å². The van der Waals surface area contributed by atoms with Crippen molar-refractivity contribution in [2.45, 2.75) is 11.8 Å². The van der Waals surface area contributed by atoms with Crippen LogP contribution in [0.15, 0.2) is 17.0 Å². The Hall–Kier alpha value is -0.820. The van der Waals surface area contributed by atoms with Crippen molar-refractivity contribution in [1.82, 2.24) is 9.84 Å². The second-order valence-corrected chi connectivity index (χ2v) is 5.67. The van der Waals surface area contributed by atoms with E-state index in [-0.39, 0.29) is 10.6 Å². The number of hydrogen-bond acceptors (Lipinski definition) is 4. The first-order valence-corrected chi connectivity index (χ1v) is 6.35. The summed E-state index contributed by atoms with van der Waals surface area (Å²) >= 11 is 5.85. The lowest BCUT2D eigenvalue weighted by Gasteiger charge is -2.14. The molecule has 1 aromatic carbocycles. The van der Waals surface area contributed by atoms with E-state index >= 15 is 0 Å². The fourth-order valence-corrected chi connectivity index (χ4v) is 2.52. The Bertz CT molecular complexity index is 476. The summed E-state index contributed by atoms with van der Waals surface area (Å²) in [7, 11) is -0.410. The van der Waals surface area contributed by atoms with Gasteiger partial charge in [0.2, 0.25) is 0 Å². The van der Waals surface area contributed by atoms with Crippen LogP contribution in [0.2, 0.25) is 5.02 Å². The Balaban J connectivity index is 3.25. The normalized spacial score (nSPS) is 12.1. The fourth-order valence-electron chi connectivity index (χ4n) is 1.21. The molecule has 0 radical (unpaired) electrons. The number of aryl methyl sites for hydroxylation is 1. The first kappa shape index (κ1) is 13.2. The van der Waals surface area contributed by atoms with E-state index in [0.717, 1.165) is 0 Å². The first-order chi connectivity index (χ1) is 7.24. The number of nitrogens with two attached hydrogens (primary N) is 1. The van der Waals surface area contributed by atoms with Crippen molar-refractivity contribution in [3.63, 3.8) is 0 Å². The average molecular weight is 264 g/mol. The van der Waals surface area contributed by atoms with Crippen molar-refractivity contribution in [1.29, 1.82) is 0 Å². The molecule has 0 aromatic heterocycles. The third-order valence-corrected chi connectivity index (χ3v) is 3.85. The van der Waals surface area contributed by atoms with Gasteiger partial charge in [-0.15, -0.1) is 4.83 Å². The van der Waals surface area contributed by atoms with Gasteiger partial charge in [-0.3, -0.25) is 0 Å². The molecule has 1 rings (SSSR count). The summed E-state index contributed by atoms with van der Waals surface area (Å²) in [6, 6.07) is 2.81. The number of nitrogens with zero attached hydrogens (tertiary/aromatic N) is 1. The SMILES string of the molecule is Cc1cc(S(=O)(=O)NN(C)C)cc(N)c1Cl. The molecule has 1 aromatic rings. The van der Waals surface area contributed by atoms with E-state index in [1.807, 2.05) is 0 Å². The van der Waals surface area contributed by atoms with Crippen LogP contribution in [0.4, 0.5) is 5.69 Å². The number of benzene rings is 1. The van der Waals surface area contributed by atoms with Crippen LogP contribution in [0.1, 0.15) is 5.56 Å². The Morgan fingerprint density at radius 2 is 1.94 bits per heavy atom. The van der Waals surface area contributed by atoms with Crippen LogP contribution >= 0.6 is 11.6 Å². The van der Waals surface area contributed by atoms with E-state index in [4.69, 9.17) is 17.3 Å². The van der Waals surface area contributed by atoms with Gasteiger partial charge < -0.3 is 5.73 Å². The summed E-state index contributed by atoms with van der Waals surface area (Å²) < 4.78 is 23.6. The Kier molecular flexibility index (Phi) is 3.80. The van der Waals surface area contributed by atoms with E-state index in [1.165, 1.54) is 17.1 Å². The van der Waals surface area contributed by atoms with Gasteiger partial charge in [0, 0.05) is 14.1 Å². The molecule has 0 aliphatic heterocycles. The second kappa shape index (κ2) is 4.58. The van der Waals surface area contributed by atoms with Gasteiger partial charge in [0.05, 0.1) is 15.6 Å². The highest BCUT2D eigenvalue weighted by atomic mass is 35.5. The molecular formula is C9H14ClN3O2S. The van der Waals surface area contributed by atoms with Crippen LogP contribution < -0.4 is 10.6 Å². The molecule has 0 heterocycles. The number of sulfonamides is 1. The zero-order valence-corrected chi connectivity index (χ0v) is 10.9. The molecule has 16 heavy (non-hydrogen) atoms. The molecule has 3 N–H and O–H groups in total. The van der Waals surface area contributed by atoms with Crippen LogP contribution in [0.3, 0.4) is 0 Å². The Morgan fingerprint density at radius 1 is 1.38 bits per heavy atom. The molecule has 0 spiro atoms. The minimum atomic E-state index is -3.58. The average Bonchev–Trinajstić information content (AvgIpc) is 2.11. The monoisotopic (exact) mass is 263 g/mol. The van der Waals surface area contributed by atoms with Gasteiger partial charge in [-0.1, -0.05) is 11.6 Å². The molecule has 0 aliphatic rings. The molecule has 0 bridgehead atoms. The van der Waals surface area contributed by atoms with Crippen LogP contribution in [0, 0.1) is 6.92 Å². The van der Waals surface area contributed by atoms with Gasteiger partial charge in [-0.05, 0) is 24.6 Å². The molecule has 0 unspecified atom stereocenters. The standard InChI is InChI=1S/C9H14ClN3O2S/c1-6-4-7(5-8(11)9(6)10)16(14,15)12-13(2)3/h4-5,12H,11H2,1-3H3. The van der Waals surface area contributed by atoms with Crippen molar-refractivity contribution in [2.75, 3.05) is 19.8 Å². The molecular weight excluding hydrogens is 250 g/mol. The molecule has 0 saturated heterocycles. The lowest BCUT2D eigenvalue weighted by molar-refractivity contribution is 0.364. The highest BCUT2D eigenvalue weighted by Gasteiger charge is 2.17. The zero-order valence-electron chi connectivity index (χ0n) is 9.28. The summed E-state index contributed by atoms with van der Waals surface area (Å²) in [6.07, 6.45) is 0. The van der Waals surface area contributed by atoms with Crippen LogP contribution in [0.5, 0.6) is 0 Å². The summed E-state index contributed by atoms with van der Waals surface area (Å²) in [5, 5.41) is 1.72. The molecule has 7 heteroatoms. The van der Waals surface area contributed by atoms with Crippen molar-refractivity contribution >= 4 is 27.3 Å². The smallest absolute Gasteiger partial charge is 0.253 e. The Labute approximate surface area is 100 Å². The van der Waals surface area contributed by atoms with Crippen LogP contribution in [-0.4, -0.2) is 27.5 Å². The van der Waals surface area contributed by atoms with Crippen molar-refractivity contribution < 1.29 is 8.42 Å². The number of halogens is 1. The summed E-state index contributed by atoms with van der Waals surface area (Å²) in [5.41, 5.74) is 6.49. The van der Waals surface area contributed by atoms with Crippen LogP contribution in [-0.2, 0) is 10.0 Å². The van der Waals surface area contributed by atoms with E-state index in [1.54, 1.807) is 21.0 Å². The second-order valence-electron chi connectivity index (χ2n) is 3.63. The summed E-state index contributed by atoms with van der Waals surface area (Å²) in [5.74, 6) is 0. The number of nitrogen functional groups attached to an aromatic ring is 1. The zero-order chi connectivity index (χ0) is 12.5. The predicted molar refractivity (Wildman–Crippen MR) is 64.6 cm³/mol. The molecule has 0 fully saturated rings. The predicted octanol–water partition coefficient (Wildman–Crippen LogP) is 0.986. The molecule has 0 atom stereocenters. The number of nitrogens with one attached hydrogen (secondary N) is 1. The fraction of sp³-hybridized carbons (Fsp3) is 0.333. The van der Waals surface area contributed by atoms with Gasteiger partial charge in [-0.25, -0.2) is 13.4 Å². The van der Waals surface area contributed by atoms with E-state index < -0.39 is 10.0 Å². The largest absolute Gasteiger partial charge is 0.397 e. The lowest BCUT2D eigenvalue weighted by atomic mass is 10.2. The summed E-state index contributed by atoms with van der Waals surface area (Å²) in [4.78, 5) is 2.41. The third kappa shape index (κ3) is 2.85. The highest BCUT2D eigenvalue weighted by Crippen LogP contribution is 2.26. The van der Waals surface area contributed by atoms with E-state index in [2.05, 4.69) is 4.83 Å². The van der Waals surface area contributed by atoms with Gasteiger partial charge >= 0.3 is 0 Å². The van der Waals surface area contributed by atoms with Crippen molar-refractivity contribution in [2.24, 2.45) is 0 Å². The number of rotatable bonds is 3. The lowest BCUT2D eigenvalue weighted by Crippen LogP contribution is -2.36. The summed E-state index contributed by atoms with van der Waals surface area (Å²) in [6.45, 7) is 1.70. The first-order valence-electron chi connectivity index (χ1n) is 4.49. The third-order valence-electron chi connectivity index (χ3n) is 1.87. The number of hydrazine groups is 1. The maximum Gasteiger partial charge on any atom is 0.253 e. The van der Waals surface area contributed by atoms with E-state index in [0.29, 0.717) is 10.6 Å². The molecule has 5 nitrogen and oxygen atoms in total. The molecule has 0 saturated carbocycles. The highest BCUT2D eigenvalue weighted by molar-refractivity contribution is 7.89. The minimum Gasteiger partial charge on any atom is -0.397 e. The quantitative estimate of drug-likeness (QED) is 0.630. The van der Waals surface area contributed by atoms with Crippen molar-refractivity contribution in [3.05, 3.63) is 22.7 Å². The molecule has 0 aliphatic carbocycles. The number of anilines is 1.